The zero-order chi connectivity index (χ0) is 22.8. The van der Waals surface area contributed by atoms with Gasteiger partial charge < -0.3 is 9.80 Å². The van der Waals surface area contributed by atoms with Crippen LogP contribution in [-0.2, 0) is 0 Å². The van der Waals surface area contributed by atoms with E-state index in [1.54, 1.807) is 10.7 Å². The maximum absolute atomic E-state index is 12.8. The molecule has 1 amide bonds. The van der Waals surface area contributed by atoms with Crippen LogP contribution in [0.1, 0.15) is 29.4 Å². The van der Waals surface area contributed by atoms with Crippen LogP contribution >= 0.6 is 0 Å². The fraction of sp³-hybridized carbons (Fsp3) is 0.296. The Balaban J connectivity index is 1.38. The van der Waals surface area contributed by atoms with E-state index in [0.29, 0.717) is 11.5 Å². The molecule has 0 radical (unpaired) electrons. The number of fused-ring (bicyclic) bond motifs is 1. The van der Waals surface area contributed by atoms with E-state index < -0.39 is 0 Å². The summed E-state index contributed by atoms with van der Waals surface area (Å²) in [5.74, 6) is 7.05. The molecule has 1 atom stereocenters. The number of nitrogens with zero attached hydrogens (tertiary/aromatic N) is 5. The van der Waals surface area contributed by atoms with E-state index >= 15 is 0 Å². The van der Waals surface area contributed by atoms with E-state index in [2.05, 4.69) is 53.9 Å². The van der Waals surface area contributed by atoms with Crippen molar-refractivity contribution < 1.29 is 4.79 Å². The molecule has 3 heterocycles. The molecule has 0 spiro atoms. The number of benzene rings is 1. The number of piperazine rings is 1. The Morgan fingerprint density at radius 1 is 1.03 bits per heavy atom. The van der Waals surface area contributed by atoms with Crippen LogP contribution in [0.15, 0.2) is 66.4 Å². The van der Waals surface area contributed by atoms with Crippen LogP contribution in [0.25, 0.3) is 16.9 Å². The molecule has 33 heavy (non-hydrogen) atoms. The van der Waals surface area contributed by atoms with Crippen LogP contribution in [0, 0.1) is 17.8 Å². The normalized spacial score (nSPS) is 18.7. The van der Waals surface area contributed by atoms with Gasteiger partial charge in [-0.15, -0.1) is 0 Å². The summed E-state index contributed by atoms with van der Waals surface area (Å²) in [5, 5.41) is 4.78. The number of amides is 1. The molecule has 6 nitrogen and oxygen atoms in total. The maximum Gasteiger partial charge on any atom is 0.253 e. The monoisotopic (exact) mass is 437 g/mol. The third kappa shape index (κ3) is 4.46. The van der Waals surface area contributed by atoms with E-state index in [9.17, 15) is 4.79 Å². The Bertz CT molecular complexity index is 1300. The zero-order valence-corrected chi connectivity index (χ0v) is 19.0. The van der Waals surface area contributed by atoms with Crippen molar-refractivity contribution >= 4 is 11.6 Å². The largest absolute Gasteiger partial charge is 0.336 e. The lowest BCUT2D eigenvalue weighted by Crippen LogP contribution is -2.47. The molecule has 1 saturated heterocycles. The van der Waals surface area contributed by atoms with Crippen LogP contribution in [0.4, 0.5) is 0 Å². The van der Waals surface area contributed by atoms with Crippen LogP contribution in [0.3, 0.4) is 0 Å². The highest BCUT2D eigenvalue weighted by molar-refractivity contribution is 5.94. The number of imidazole rings is 1. The fourth-order valence-corrected chi connectivity index (χ4v) is 4.13. The van der Waals surface area contributed by atoms with E-state index in [1.165, 1.54) is 0 Å². The molecule has 3 aromatic rings. The summed E-state index contributed by atoms with van der Waals surface area (Å²) in [5.41, 5.74) is 5.13. The minimum absolute atomic E-state index is 0.0892. The number of allylic oxidation sites excluding steroid dienone is 4. The number of rotatable bonds is 2. The highest BCUT2D eigenvalue weighted by atomic mass is 16.2. The van der Waals surface area contributed by atoms with Crippen LogP contribution in [0.5, 0.6) is 0 Å². The van der Waals surface area contributed by atoms with Crippen molar-refractivity contribution in [2.24, 2.45) is 5.92 Å². The van der Waals surface area contributed by atoms with Gasteiger partial charge in [0.05, 0.1) is 11.9 Å². The Hall–Kier alpha value is -3.69. The highest BCUT2D eigenvalue weighted by Crippen LogP contribution is 2.21. The number of carbonyl (C=O) groups is 1. The van der Waals surface area contributed by atoms with Gasteiger partial charge in [-0.1, -0.05) is 43.2 Å². The molecule has 1 aromatic carbocycles. The van der Waals surface area contributed by atoms with Gasteiger partial charge in [-0.2, -0.15) is 5.10 Å². The summed E-state index contributed by atoms with van der Waals surface area (Å²) in [7, 11) is 2.09. The molecule has 1 aliphatic heterocycles. The topological polar surface area (TPSA) is 53.7 Å². The summed E-state index contributed by atoms with van der Waals surface area (Å²) in [6, 6.07) is 11.6. The van der Waals surface area contributed by atoms with Crippen molar-refractivity contribution in [3.63, 3.8) is 0 Å². The first kappa shape index (κ1) is 21.2. The summed E-state index contributed by atoms with van der Waals surface area (Å²) in [4.78, 5) is 21.4. The fourth-order valence-electron chi connectivity index (χ4n) is 4.13. The third-order valence-electron chi connectivity index (χ3n) is 6.35. The maximum atomic E-state index is 12.8. The SMILES string of the molecule is CC1CC=CC=C1C#Cc1cnc2ccc(-c3ccc(C(=O)N4CCN(C)CC4)cc3)nn12. The van der Waals surface area contributed by atoms with Gasteiger partial charge in [-0.25, -0.2) is 9.50 Å². The molecule has 2 aromatic heterocycles. The van der Waals surface area contributed by atoms with E-state index in [0.717, 1.165) is 60.8 Å². The molecule has 6 heteroatoms. The van der Waals surface area contributed by atoms with E-state index in [1.807, 2.05) is 41.3 Å². The minimum Gasteiger partial charge on any atom is -0.336 e. The molecular formula is C27H27N5O. The summed E-state index contributed by atoms with van der Waals surface area (Å²) in [6.07, 6.45) is 9.09. The molecule has 1 fully saturated rings. The second-order valence-corrected chi connectivity index (χ2v) is 8.74. The average molecular weight is 438 g/mol. The number of carbonyl (C=O) groups excluding carboxylic acids is 1. The molecule has 1 unspecified atom stereocenters. The van der Waals surface area contributed by atoms with Crippen molar-refractivity contribution in [2.75, 3.05) is 33.2 Å². The van der Waals surface area contributed by atoms with Gasteiger partial charge in [-0.05, 0) is 49.6 Å². The van der Waals surface area contributed by atoms with Gasteiger partial charge in [0, 0.05) is 42.9 Å². The lowest BCUT2D eigenvalue weighted by Gasteiger charge is -2.32. The first-order valence-electron chi connectivity index (χ1n) is 11.4. The number of hydrogen-bond acceptors (Lipinski definition) is 4. The Morgan fingerprint density at radius 2 is 1.82 bits per heavy atom. The second-order valence-electron chi connectivity index (χ2n) is 8.74. The standard InChI is InChI=1S/C27H27N5O/c1-20-5-3-4-6-21(20)11-12-24-19-28-26-14-13-25(29-32(24)26)22-7-9-23(10-8-22)27(33)31-17-15-30(2)16-18-31/h3-4,6-10,13-14,19-20H,5,15-18H2,1-2H3. The smallest absolute Gasteiger partial charge is 0.253 e. The minimum atomic E-state index is 0.0892. The summed E-state index contributed by atoms with van der Waals surface area (Å²) < 4.78 is 1.79. The van der Waals surface area contributed by atoms with Crippen molar-refractivity contribution in [3.05, 3.63) is 77.7 Å². The van der Waals surface area contributed by atoms with Gasteiger partial charge in [-0.3, -0.25) is 4.79 Å². The van der Waals surface area contributed by atoms with Crippen LogP contribution < -0.4 is 0 Å². The predicted molar refractivity (Wildman–Crippen MR) is 130 cm³/mol. The number of hydrogen-bond donors (Lipinski definition) is 0. The van der Waals surface area contributed by atoms with Gasteiger partial charge in [0.2, 0.25) is 0 Å². The first-order valence-corrected chi connectivity index (χ1v) is 11.4. The lowest BCUT2D eigenvalue weighted by atomic mass is 9.94. The van der Waals surface area contributed by atoms with E-state index in [-0.39, 0.29) is 5.91 Å². The van der Waals surface area contributed by atoms with Crippen molar-refractivity contribution in [1.82, 2.24) is 24.4 Å². The quantitative estimate of drug-likeness (QED) is 0.574. The Kier molecular flexibility index (Phi) is 5.80. The Labute approximate surface area is 194 Å². The van der Waals surface area contributed by atoms with Gasteiger partial charge in [0.25, 0.3) is 5.91 Å². The van der Waals surface area contributed by atoms with Gasteiger partial charge >= 0.3 is 0 Å². The van der Waals surface area contributed by atoms with E-state index in [4.69, 9.17) is 5.10 Å². The molecule has 5 rings (SSSR count). The van der Waals surface area contributed by atoms with Gasteiger partial charge in [0.1, 0.15) is 5.69 Å². The number of aromatic nitrogens is 3. The van der Waals surface area contributed by atoms with Crippen LogP contribution in [0.2, 0.25) is 0 Å². The second kappa shape index (κ2) is 9.05. The third-order valence-corrected chi connectivity index (χ3v) is 6.35. The molecule has 0 N–H and O–H groups in total. The molecule has 2 aliphatic rings. The molecule has 0 bridgehead atoms. The average Bonchev–Trinajstić information content (AvgIpc) is 3.26. The molecule has 166 valence electrons. The predicted octanol–water partition coefficient (Wildman–Crippen LogP) is 3.66. The van der Waals surface area contributed by atoms with Crippen LogP contribution in [-0.4, -0.2) is 63.5 Å². The Morgan fingerprint density at radius 3 is 2.58 bits per heavy atom. The van der Waals surface area contributed by atoms with Crippen molar-refractivity contribution in [2.45, 2.75) is 13.3 Å². The molecule has 0 saturated carbocycles. The van der Waals surface area contributed by atoms with Crippen molar-refractivity contribution in [3.8, 4) is 23.1 Å². The summed E-state index contributed by atoms with van der Waals surface area (Å²) in [6.45, 7) is 5.55. The zero-order valence-electron chi connectivity index (χ0n) is 19.0. The molecule has 1 aliphatic carbocycles. The lowest BCUT2D eigenvalue weighted by molar-refractivity contribution is 0.0664. The van der Waals surface area contributed by atoms with Gasteiger partial charge in [0.15, 0.2) is 5.65 Å². The van der Waals surface area contributed by atoms with Crippen molar-refractivity contribution in [1.29, 1.82) is 0 Å². The summed E-state index contributed by atoms with van der Waals surface area (Å²) >= 11 is 0. The molecular weight excluding hydrogens is 410 g/mol. The highest BCUT2D eigenvalue weighted by Gasteiger charge is 2.20. The first-order chi connectivity index (χ1) is 16.1. The number of likely N-dealkylation sites (N-methyl/N-ethyl adjacent to an activating group) is 1.